The molecular formula is C16H16N2O2. The largest absolute Gasteiger partial charge is 0.419 e. The Morgan fingerprint density at radius 2 is 1.75 bits per heavy atom. The van der Waals surface area contributed by atoms with Crippen LogP contribution in [0.4, 0.5) is 11.4 Å². The molecule has 0 radical (unpaired) electrons. The highest BCUT2D eigenvalue weighted by atomic mass is 16.6. The van der Waals surface area contributed by atoms with Crippen LogP contribution in [0.5, 0.6) is 0 Å². The number of ether oxygens (including phenoxy) is 1. The Hall–Kier alpha value is -2.49. The third-order valence-electron chi connectivity index (χ3n) is 3.26. The van der Waals surface area contributed by atoms with Crippen LogP contribution in [0.2, 0.25) is 0 Å². The van der Waals surface area contributed by atoms with Crippen LogP contribution in [0.3, 0.4) is 0 Å². The van der Waals surface area contributed by atoms with E-state index in [4.69, 9.17) is 4.74 Å². The van der Waals surface area contributed by atoms with E-state index in [2.05, 4.69) is 10.6 Å². The van der Waals surface area contributed by atoms with Crippen molar-refractivity contribution in [1.82, 2.24) is 0 Å². The van der Waals surface area contributed by atoms with Crippen molar-refractivity contribution in [2.75, 3.05) is 10.6 Å². The Labute approximate surface area is 117 Å². The van der Waals surface area contributed by atoms with E-state index >= 15 is 0 Å². The Morgan fingerprint density at radius 3 is 2.50 bits per heavy atom. The molecule has 0 fully saturated rings. The van der Waals surface area contributed by atoms with Crippen molar-refractivity contribution in [2.45, 2.75) is 20.2 Å². The summed E-state index contributed by atoms with van der Waals surface area (Å²) in [6.45, 7) is 3.98. The minimum Gasteiger partial charge on any atom is -0.419 e. The van der Waals surface area contributed by atoms with Crippen LogP contribution in [-0.4, -0.2) is 12.3 Å². The highest BCUT2D eigenvalue weighted by molar-refractivity contribution is 5.97. The molecule has 0 saturated carbocycles. The first-order valence-electron chi connectivity index (χ1n) is 6.53. The van der Waals surface area contributed by atoms with Gasteiger partial charge in [0.2, 0.25) is 0 Å². The summed E-state index contributed by atoms with van der Waals surface area (Å²) >= 11 is 0. The average molecular weight is 268 g/mol. The van der Waals surface area contributed by atoms with Gasteiger partial charge in [0.1, 0.15) is 0 Å². The van der Waals surface area contributed by atoms with Crippen molar-refractivity contribution in [3.8, 4) is 0 Å². The second-order valence-corrected chi connectivity index (χ2v) is 4.99. The fraction of sp³-hybridized carbons (Fsp3) is 0.188. The lowest BCUT2D eigenvalue weighted by Crippen LogP contribution is -2.38. The van der Waals surface area contributed by atoms with Crippen molar-refractivity contribution in [1.29, 1.82) is 0 Å². The first-order chi connectivity index (χ1) is 9.61. The molecule has 0 amide bonds. The molecule has 0 bridgehead atoms. The number of carbonyl (C=O) groups excluding carboxylic acids is 1. The SMILES string of the molecule is Cc1ccc(NC2Nc3ccc(C)cc3C(=O)O2)cc1. The van der Waals surface area contributed by atoms with Gasteiger partial charge in [-0.2, -0.15) is 0 Å². The molecular weight excluding hydrogens is 252 g/mol. The van der Waals surface area contributed by atoms with Crippen LogP contribution in [0.25, 0.3) is 0 Å². The fourth-order valence-electron chi connectivity index (χ4n) is 2.16. The molecule has 4 nitrogen and oxygen atoms in total. The first kappa shape index (κ1) is 12.5. The van der Waals surface area contributed by atoms with Gasteiger partial charge in [-0.05, 0) is 38.1 Å². The summed E-state index contributed by atoms with van der Waals surface area (Å²) in [6, 6.07) is 13.6. The standard InChI is InChI=1S/C16H16N2O2/c1-10-3-6-12(7-4-10)17-16-18-14-8-5-11(2)9-13(14)15(19)20-16/h3-9,16-18H,1-2H3. The summed E-state index contributed by atoms with van der Waals surface area (Å²) in [5.74, 6) is -0.313. The first-order valence-corrected chi connectivity index (χ1v) is 6.53. The van der Waals surface area contributed by atoms with Crippen molar-refractivity contribution < 1.29 is 9.53 Å². The van der Waals surface area contributed by atoms with Crippen LogP contribution >= 0.6 is 0 Å². The van der Waals surface area contributed by atoms with E-state index in [0.29, 0.717) is 5.56 Å². The lowest BCUT2D eigenvalue weighted by molar-refractivity contribution is 0.0385. The van der Waals surface area contributed by atoms with E-state index in [1.165, 1.54) is 5.56 Å². The molecule has 1 heterocycles. The Bertz CT molecular complexity index is 650. The minimum atomic E-state index is -0.555. The number of hydrogen-bond donors (Lipinski definition) is 2. The van der Waals surface area contributed by atoms with Crippen LogP contribution < -0.4 is 10.6 Å². The Morgan fingerprint density at radius 1 is 1.05 bits per heavy atom. The molecule has 0 saturated heterocycles. The summed E-state index contributed by atoms with van der Waals surface area (Å²) in [7, 11) is 0. The molecule has 2 N–H and O–H groups in total. The smallest absolute Gasteiger partial charge is 0.343 e. The van der Waals surface area contributed by atoms with Gasteiger partial charge in [0.15, 0.2) is 0 Å². The highest BCUT2D eigenvalue weighted by Crippen LogP contribution is 2.25. The number of carbonyl (C=O) groups is 1. The summed E-state index contributed by atoms with van der Waals surface area (Å²) in [5, 5.41) is 6.30. The Balaban J connectivity index is 1.79. The molecule has 1 aliphatic heterocycles. The summed E-state index contributed by atoms with van der Waals surface area (Å²) in [6.07, 6.45) is -0.555. The molecule has 2 aromatic carbocycles. The van der Waals surface area contributed by atoms with Crippen LogP contribution in [0, 0.1) is 13.8 Å². The number of nitrogens with one attached hydrogen (secondary N) is 2. The van der Waals surface area contributed by atoms with Gasteiger partial charge in [-0.25, -0.2) is 4.79 Å². The van der Waals surface area contributed by atoms with E-state index in [0.717, 1.165) is 16.9 Å². The van der Waals surface area contributed by atoms with Crippen molar-refractivity contribution in [3.63, 3.8) is 0 Å². The van der Waals surface area contributed by atoms with Gasteiger partial charge in [0.05, 0.1) is 11.3 Å². The second-order valence-electron chi connectivity index (χ2n) is 4.99. The second kappa shape index (κ2) is 4.89. The number of fused-ring (bicyclic) bond motifs is 1. The number of esters is 1. The molecule has 20 heavy (non-hydrogen) atoms. The lowest BCUT2D eigenvalue weighted by atomic mass is 10.1. The van der Waals surface area contributed by atoms with Crippen LogP contribution in [-0.2, 0) is 4.74 Å². The summed E-state index contributed by atoms with van der Waals surface area (Å²) < 4.78 is 5.34. The van der Waals surface area contributed by atoms with E-state index in [-0.39, 0.29) is 5.97 Å². The van der Waals surface area contributed by atoms with Gasteiger partial charge in [0, 0.05) is 5.69 Å². The third kappa shape index (κ3) is 2.45. The molecule has 3 rings (SSSR count). The molecule has 0 spiro atoms. The van der Waals surface area contributed by atoms with E-state index in [9.17, 15) is 4.79 Å². The highest BCUT2D eigenvalue weighted by Gasteiger charge is 2.25. The van der Waals surface area contributed by atoms with Crippen molar-refractivity contribution >= 4 is 17.3 Å². The maximum Gasteiger partial charge on any atom is 0.343 e. The molecule has 0 aliphatic carbocycles. The molecule has 2 aromatic rings. The normalized spacial score (nSPS) is 16.9. The summed E-state index contributed by atoms with van der Waals surface area (Å²) in [5.41, 5.74) is 4.48. The van der Waals surface area contributed by atoms with Gasteiger partial charge in [-0.3, -0.25) is 0 Å². The topological polar surface area (TPSA) is 50.4 Å². The van der Waals surface area contributed by atoms with E-state index in [1.807, 2.05) is 56.3 Å². The number of cyclic esters (lactones) is 1. The van der Waals surface area contributed by atoms with Crippen molar-refractivity contribution in [2.24, 2.45) is 0 Å². The number of aryl methyl sites for hydroxylation is 2. The van der Waals surface area contributed by atoms with Gasteiger partial charge in [-0.15, -0.1) is 0 Å². The third-order valence-corrected chi connectivity index (χ3v) is 3.26. The predicted molar refractivity (Wildman–Crippen MR) is 78.8 cm³/mol. The fourth-order valence-corrected chi connectivity index (χ4v) is 2.16. The molecule has 1 atom stereocenters. The number of anilines is 2. The summed E-state index contributed by atoms with van der Waals surface area (Å²) in [4.78, 5) is 12.0. The van der Waals surface area contributed by atoms with Gasteiger partial charge in [-0.1, -0.05) is 29.3 Å². The number of benzene rings is 2. The molecule has 4 heteroatoms. The zero-order valence-electron chi connectivity index (χ0n) is 11.4. The maximum atomic E-state index is 12.0. The van der Waals surface area contributed by atoms with Crippen LogP contribution in [0.1, 0.15) is 21.5 Å². The van der Waals surface area contributed by atoms with Gasteiger partial charge >= 0.3 is 5.97 Å². The monoisotopic (exact) mass is 268 g/mol. The zero-order valence-corrected chi connectivity index (χ0v) is 11.4. The minimum absolute atomic E-state index is 0.313. The number of rotatable bonds is 2. The number of hydrogen-bond acceptors (Lipinski definition) is 4. The molecule has 1 aliphatic rings. The Kier molecular flexibility index (Phi) is 3.06. The van der Waals surface area contributed by atoms with Gasteiger partial charge in [0.25, 0.3) is 6.35 Å². The van der Waals surface area contributed by atoms with Gasteiger partial charge < -0.3 is 15.4 Å². The lowest BCUT2D eigenvalue weighted by Gasteiger charge is -2.28. The maximum absolute atomic E-state index is 12.0. The quantitative estimate of drug-likeness (QED) is 0.821. The molecule has 0 aromatic heterocycles. The molecule has 102 valence electrons. The van der Waals surface area contributed by atoms with E-state index < -0.39 is 6.35 Å². The average Bonchev–Trinajstić information content (AvgIpc) is 2.42. The zero-order chi connectivity index (χ0) is 14.1. The predicted octanol–water partition coefficient (Wildman–Crippen LogP) is 3.28. The van der Waals surface area contributed by atoms with Crippen LogP contribution in [0.15, 0.2) is 42.5 Å². The molecule has 1 unspecified atom stereocenters. The van der Waals surface area contributed by atoms with E-state index in [1.54, 1.807) is 0 Å². The van der Waals surface area contributed by atoms with Crippen molar-refractivity contribution in [3.05, 3.63) is 59.2 Å².